The lowest BCUT2D eigenvalue weighted by Crippen LogP contribution is -2.34. The van der Waals surface area contributed by atoms with Crippen LogP contribution in [-0.2, 0) is 22.6 Å². The highest BCUT2D eigenvalue weighted by Gasteiger charge is 2.34. The van der Waals surface area contributed by atoms with Crippen LogP contribution in [0.1, 0.15) is 17.7 Å². The third kappa shape index (κ3) is 3.97. The fourth-order valence-electron chi connectivity index (χ4n) is 2.71. The number of nitrogens with zero attached hydrogens (tertiary/aromatic N) is 2. The molecule has 120 valence electrons. The van der Waals surface area contributed by atoms with Gasteiger partial charge in [-0.1, -0.05) is 6.07 Å². The molecule has 1 aliphatic rings. The predicted molar refractivity (Wildman–Crippen MR) is 83.2 cm³/mol. The molecule has 2 amide bonds. The molecule has 0 radical (unpaired) electrons. The summed E-state index contributed by atoms with van der Waals surface area (Å²) in [5, 5.41) is 2.90. The minimum Gasteiger partial charge on any atom is -0.467 e. The summed E-state index contributed by atoms with van der Waals surface area (Å²) in [6.07, 6.45) is 6.09. The molecule has 0 aromatic carbocycles. The first kappa shape index (κ1) is 15.3. The summed E-state index contributed by atoms with van der Waals surface area (Å²) in [5.41, 5.74) is 1.08. The summed E-state index contributed by atoms with van der Waals surface area (Å²) in [6.45, 7) is 1.41. The SMILES string of the molecule is O=C(NCCc1cccnc1)[C@@H]1CC(=O)N(Cc2ccco2)C1. The Hall–Kier alpha value is -2.63. The molecular formula is C17H19N3O3. The maximum atomic E-state index is 12.2. The van der Waals surface area contributed by atoms with Crippen molar-refractivity contribution in [2.24, 2.45) is 5.92 Å². The van der Waals surface area contributed by atoms with Gasteiger partial charge in [-0.05, 0) is 30.2 Å². The zero-order valence-corrected chi connectivity index (χ0v) is 12.8. The monoisotopic (exact) mass is 313 g/mol. The second-order valence-corrected chi connectivity index (χ2v) is 5.66. The van der Waals surface area contributed by atoms with E-state index in [0.717, 1.165) is 17.7 Å². The Morgan fingerprint density at radius 3 is 3.04 bits per heavy atom. The summed E-state index contributed by atoms with van der Waals surface area (Å²) in [5.74, 6) is 0.375. The molecular weight excluding hydrogens is 294 g/mol. The van der Waals surface area contributed by atoms with Crippen LogP contribution >= 0.6 is 0 Å². The van der Waals surface area contributed by atoms with Crippen LogP contribution in [0.15, 0.2) is 47.3 Å². The highest BCUT2D eigenvalue weighted by atomic mass is 16.3. The smallest absolute Gasteiger partial charge is 0.225 e. The van der Waals surface area contributed by atoms with Crippen molar-refractivity contribution in [2.45, 2.75) is 19.4 Å². The van der Waals surface area contributed by atoms with Crippen molar-refractivity contribution in [2.75, 3.05) is 13.1 Å². The van der Waals surface area contributed by atoms with E-state index < -0.39 is 0 Å². The van der Waals surface area contributed by atoms with E-state index in [1.54, 1.807) is 29.6 Å². The Bertz CT molecular complexity index is 655. The zero-order valence-electron chi connectivity index (χ0n) is 12.8. The Labute approximate surface area is 134 Å². The van der Waals surface area contributed by atoms with Gasteiger partial charge in [-0.3, -0.25) is 14.6 Å². The maximum Gasteiger partial charge on any atom is 0.225 e. The van der Waals surface area contributed by atoms with Crippen molar-refractivity contribution in [1.29, 1.82) is 0 Å². The highest BCUT2D eigenvalue weighted by molar-refractivity contribution is 5.89. The normalized spacial score (nSPS) is 17.5. The molecule has 1 atom stereocenters. The van der Waals surface area contributed by atoms with Crippen LogP contribution in [0.2, 0.25) is 0 Å². The molecule has 1 saturated heterocycles. The van der Waals surface area contributed by atoms with E-state index >= 15 is 0 Å². The Morgan fingerprint density at radius 1 is 1.39 bits per heavy atom. The molecule has 0 spiro atoms. The van der Waals surface area contributed by atoms with Gasteiger partial charge in [0.15, 0.2) is 0 Å². The molecule has 6 heteroatoms. The largest absolute Gasteiger partial charge is 0.467 e. The second kappa shape index (κ2) is 7.09. The van der Waals surface area contributed by atoms with Crippen molar-refractivity contribution in [3.8, 4) is 0 Å². The van der Waals surface area contributed by atoms with Gasteiger partial charge >= 0.3 is 0 Å². The van der Waals surface area contributed by atoms with E-state index in [0.29, 0.717) is 19.6 Å². The molecule has 23 heavy (non-hydrogen) atoms. The molecule has 0 unspecified atom stereocenters. The molecule has 0 saturated carbocycles. The zero-order chi connectivity index (χ0) is 16.1. The molecule has 6 nitrogen and oxygen atoms in total. The van der Waals surface area contributed by atoms with Gasteiger partial charge in [-0.2, -0.15) is 0 Å². The molecule has 2 aromatic rings. The van der Waals surface area contributed by atoms with Crippen molar-refractivity contribution >= 4 is 11.8 Å². The van der Waals surface area contributed by atoms with Crippen LogP contribution in [0.4, 0.5) is 0 Å². The summed E-state index contributed by atoms with van der Waals surface area (Å²) in [6, 6.07) is 7.47. The molecule has 1 fully saturated rings. The Morgan fingerprint density at radius 2 is 2.30 bits per heavy atom. The number of rotatable bonds is 6. The quantitative estimate of drug-likeness (QED) is 0.874. The van der Waals surface area contributed by atoms with Gasteiger partial charge in [0.2, 0.25) is 11.8 Å². The van der Waals surface area contributed by atoms with Gasteiger partial charge in [-0.15, -0.1) is 0 Å². The van der Waals surface area contributed by atoms with Gasteiger partial charge in [0.1, 0.15) is 5.76 Å². The number of furan rings is 1. The fourth-order valence-corrected chi connectivity index (χ4v) is 2.71. The van der Waals surface area contributed by atoms with Gasteiger partial charge in [0.25, 0.3) is 0 Å². The van der Waals surface area contributed by atoms with Crippen LogP contribution in [0.25, 0.3) is 0 Å². The summed E-state index contributed by atoms with van der Waals surface area (Å²) in [4.78, 5) is 29.9. The molecule has 1 N–H and O–H groups in total. The lowest BCUT2D eigenvalue weighted by atomic mass is 10.1. The van der Waals surface area contributed by atoms with Gasteiger partial charge < -0.3 is 14.6 Å². The first-order chi connectivity index (χ1) is 11.2. The Balaban J connectivity index is 1.46. The number of hydrogen-bond acceptors (Lipinski definition) is 4. The highest BCUT2D eigenvalue weighted by Crippen LogP contribution is 2.20. The lowest BCUT2D eigenvalue weighted by molar-refractivity contribution is -0.129. The molecule has 2 aromatic heterocycles. The minimum atomic E-state index is -0.286. The topological polar surface area (TPSA) is 75.4 Å². The molecule has 0 bridgehead atoms. The second-order valence-electron chi connectivity index (χ2n) is 5.66. The molecule has 3 heterocycles. The van der Waals surface area contributed by atoms with Gasteiger partial charge in [0, 0.05) is 31.9 Å². The first-order valence-electron chi connectivity index (χ1n) is 7.69. The lowest BCUT2D eigenvalue weighted by Gasteiger charge is -2.15. The first-order valence-corrected chi connectivity index (χ1v) is 7.69. The standard InChI is InChI=1S/C17H19N3O3/c21-16-9-14(11-20(16)12-15-4-2-8-23-15)17(22)19-7-5-13-3-1-6-18-10-13/h1-4,6,8,10,14H,5,7,9,11-12H2,(H,19,22)/t14-/m1/s1. The van der Waals surface area contributed by atoms with E-state index in [9.17, 15) is 9.59 Å². The summed E-state index contributed by atoms with van der Waals surface area (Å²) in [7, 11) is 0. The van der Waals surface area contributed by atoms with Crippen LogP contribution in [0, 0.1) is 5.92 Å². The maximum absolute atomic E-state index is 12.2. The number of carbonyl (C=O) groups is 2. The number of carbonyl (C=O) groups excluding carboxylic acids is 2. The minimum absolute atomic E-state index is 0.00573. The van der Waals surface area contributed by atoms with Crippen molar-refractivity contribution in [3.05, 3.63) is 54.2 Å². The summed E-state index contributed by atoms with van der Waals surface area (Å²) < 4.78 is 5.25. The fraction of sp³-hybridized carbons (Fsp3) is 0.353. The van der Waals surface area contributed by atoms with Crippen LogP contribution in [-0.4, -0.2) is 34.8 Å². The van der Waals surface area contributed by atoms with E-state index in [-0.39, 0.29) is 24.2 Å². The van der Waals surface area contributed by atoms with Crippen LogP contribution < -0.4 is 5.32 Å². The number of hydrogen-bond donors (Lipinski definition) is 1. The van der Waals surface area contributed by atoms with Crippen molar-refractivity contribution in [1.82, 2.24) is 15.2 Å². The number of likely N-dealkylation sites (tertiary alicyclic amines) is 1. The van der Waals surface area contributed by atoms with E-state index in [4.69, 9.17) is 4.42 Å². The molecule has 3 rings (SSSR count). The average molecular weight is 313 g/mol. The molecule has 0 aliphatic carbocycles. The van der Waals surface area contributed by atoms with E-state index in [1.807, 2.05) is 18.2 Å². The number of nitrogens with one attached hydrogen (secondary N) is 1. The Kier molecular flexibility index (Phi) is 4.71. The van der Waals surface area contributed by atoms with Gasteiger partial charge in [0.05, 0.1) is 18.7 Å². The van der Waals surface area contributed by atoms with Crippen molar-refractivity contribution < 1.29 is 14.0 Å². The van der Waals surface area contributed by atoms with Crippen LogP contribution in [0.5, 0.6) is 0 Å². The van der Waals surface area contributed by atoms with Crippen molar-refractivity contribution in [3.63, 3.8) is 0 Å². The van der Waals surface area contributed by atoms with Gasteiger partial charge in [-0.25, -0.2) is 0 Å². The average Bonchev–Trinajstić information content (AvgIpc) is 3.19. The van der Waals surface area contributed by atoms with Crippen LogP contribution in [0.3, 0.4) is 0 Å². The molecule has 1 aliphatic heterocycles. The summed E-state index contributed by atoms with van der Waals surface area (Å²) >= 11 is 0. The third-order valence-electron chi connectivity index (χ3n) is 3.95. The third-order valence-corrected chi connectivity index (χ3v) is 3.95. The number of pyridine rings is 1. The number of amides is 2. The van der Waals surface area contributed by atoms with E-state index in [2.05, 4.69) is 10.3 Å². The number of aromatic nitrogens is 1. The van der Waals surface area contributed by atoms with E-state index in [1.165, 1.54) is 0 Å². The predicted octanol–water partition coefficient (Wildman–Crippen LogP) is 1.38.